The van der Waals surface area contributed by atoms with Crippen molar-refractivity contribution in [3.8, 4) is 0 Å². The molecule has 0 aromatic carbocycles. The molecule has 0 heterocycles. The molecule has 2 heteroatoms. The fourth-order valence-electron chi connectivity index (χ4n) is 2.45. The lowest BCUT2D eigenvalue weighted by molar-refractivity contribution is -0.117. The minimum Gasteiger partial charge on any atom is -0.295 e. The largest absolute Gasteiger partial charge is 0.295 e. The summed E-state index contributed by atoms with van der Waals surface area (Å²) >= 11 is 0. The van der Waals surface area contributed by atoms with E-state index in [1.807, 2.05) is 12.2 Å². The van der Waals surface area contributed by atoms with Gasteiger partial charge in [-0.3, -0.25) is 9.59 Å². The Morgan fingerprint density at radius 3 is 2.93 bits per heavy atom. The van der Waals surface area contributed by atoms with Crippen molar-refractivity contribution in [2.24, 2.45) is 5.92 Å². The standard InChI is InChI=1S/C13H16O2/c1-9(14)11-6-2-4-10-5-3-7-13(15)12(10)8-11/h6,8,10H,2-5,7H2,1H3. The van der Waals surface area contributed by atoms with Gasteiger partial charge in [0, 0.05) is 12.0 Å². The molecule has 2 aliphatic rings. The van der Waals surface area contributed by atoms with Gasteiger partial charge in [0.1, 0.15) is 0 Å². The van der Waals surface area contributed by atoms with Crippen molar-refractivity contribution in [3.63, 3.8) is 0 Å². The predicted molar refractivity (Wildman–Crippen MR) is 58.4 cm³/mol. The molecule has 1 atom stereocenters. The van der Waals surface area contributed by atoms with Crippen molar-refractivity contribution in [3.05, 3.63) is 23.3 Å². The molecule has 0 aromatic heterocycles. The number of fused-ring (bicyclic) bond motifs is 1. The third-order valence-corrected chi connectivity index (χ3v) is 3.32. The van der Waals surface area contributed by atoms with Crippen LogP contribution in [-0.4, -0.2) is 11.6 Å². The third-order valence-electron chi connectivity index (χ3n) is 3.32. The fraction of sp³-hybridized carbons (Fsp3) is 0.538. The summed E-state index contributed by atoms with van der Waals surface area (Å²) in [6, 6.07) is 0. The molecular formula is C13H16O2. The lowest BCUT2D eigenvalue weighted by Crippen LogP contribution is -2.18. The summed E-state index contributed by atoms with van der Waals surface area (Å²) in [5, 5.41) is 0. The van der Waals surface area contributed by atoms with Crippen LogP contribution in [0.1, 0.15) is 39.0 Å². The maximum Gasteiger partial charge on any atom is 0.159 e. The van der Waals surface area contributed by atoms with E-state index in [-0.39, 0.29) is 11.6 Å². The number of hydrogen-bond acceptors (Lipinski definition) is 2. The summed E-state index contributed by atoms with van der Waals surface area (Å²) in [5.74, 6) is 0.723. The van der Waals surface area contributed by atoms with E-state index in [9.17, 15) is 9.59 Å². The van der Waals surface area contributed by atoms with Crippen molar-refractivity contribution < 1.29 is 9.59 Å². The van der Waals surface area contributed by atoms with Crippen LogP contribution < -0.4 is 0 Å². The zero-order chi connectivity index (χ0) is 10.8. The number of rotatable bonds is 1. The minimum atomic E-state index is 0.0709. The van der Waals surface area contributed by atoms with Crippen LogP contribution in [0.3, 0.4) is 0 Å². The first-order chi connectivity index (χ1) is 7.18. The Bertz CT molecular complexity index is 361. The summed E-state index contributed by atoms with van der Waals surface area (Å²) in [5.41, 5.74) is 1.63. The van der Waals surface area contributed by atoms with Crippen LogP contribution >= 0.6 is 0 Å². The number of carbonyl (C=O) groups excluding carboxylic acids is 2. The van der Waals surface area contributed by atoms with Crippen LogP contribution in [0.15, 0.2) is 23.3 Å². The van der Waals surface area contributed by atoms with Gasteiger partial charge in [-0.1, -0.05) is 6.08 Å². The van der Waals surface area contributed by atoms with E-state index in [4.69, 9.17) is 0 Å². The topological polar surface area (TPSA) is 34.1 Å². The first-order valence-electron chi connectivity index (χ1n) is 5.64. The van der Waals surface area contributed by atoms with Gasteiger partial charge in [0.25, 0.3) is 0 Å². The molecule has 0 radical (unpaired) electrons. The Balaban J connectivity index is 2.32. The predicted octanol–water partition coefficient (Wildman–Crippen LogP) is 2.59. The fourth-order valence-corrected chi connectivity index (χ4v) is 2.45. The maximum absolute atomic E-state index is 11.7. The first kappa shape index (κ1) is 10.3. The number of Topliss-reactive ketones (excluding diaryl/α,β-unsaturated/α-hetero) is 2. The van der Waals surface area contributed by atoms with Crippen molar-refractivity contribution >= 4 is 11.6 Å². The highest BCUT2D eigenvalue weighted by atomic mass is 16.1. The van der Waals surface area contributed by atoms with Gasteiger partial charge in [0.05, 0.1) is 0 Å². The molecule has 1 unspecified atom stereocenters. The van der Waals surface area contributed by atoms with E-state index < -0.39 is 0 Å². The molecule has 1 saturated carbocycles. The van der Waals surface area contributed by atoms with Crippen LogP contribution in [0.2, 0.25) is 0 Å². The van der Waals surface area contributed by atoms with Crippen molar-refractivity contribution in [1.29, 1.82) is 0 Å². The smallest absolute Gasteiger partial charge is 0.159 e. The monoisotopic (exact) mass is 204 g/mol. The SMILES string of the molecule is CC(=O)C1=CCCC2CCCC(=O)C2=C1. The Labute approximate surface area is 90.1 Å². The minimum absolute atomic E-state index is 0.0709. The average Bonchev–Trinajstić information content (AvgIpc) is 2.40. The van der Waals surface area contributed by atoms with E-state index in [0.29, 0.717) is 12.3 Å². The molecule has 0 amide bonds. The van der Waals surface area contributed by atoms with E-state index in [0.717, 1.165) is 36.8 Å². The summed E-state index contributed by atoms with van der Waals surface area (Å²) in [6.45, 7) is 1.57. The van der Waals surface area contributed by atoms with Gasteiger partial charge in [-0.15, -0.1) is 0 Å². The normalized spacial score (nSPS) is 26.2. The third kappa shape index (κ3) is 2.09. The van der Waals surface area contributed by atoms with Crippen LogP contribution in [0, 0.1) is 5.92 Å². The molecule has 2 rings (SSSR count). The zero-order valence-corrected chi connectivity index (χ0v) is 9.08. The number of allylic oxidation sites excluding steroid dienone is 4. The molecule has 0 aromatic rings. The van der Waals surface area contributed by atoms with E-state index in [1.54, 1.807) is 6.92 Å². The maximum atomic E-state index is 11.7. The van der Waals surface area contributed by atoms with E-state index in [1.165, 1.54) is 0 Å². The van der Waals surface area contributed by atoms with E-state index in [2.05, 4.69) is 0 Å². The van der Waals surface area contributed by atoms with Crippen LogP contribution in [-0.2, 0) is 9.59 Å². The number of ketones is 2. The Kier molecular flexibility index (Phi) is 2.85. The Morgan fingerprint density at radius 1 is 1.40 bits per heavy atom. The second-order valence-corrected chi connectivity index (χ2v) is 4.41. The van der Waals surface area contributed by atoms with Gasteiger partial charge in [0.15, 0.2) is 11.6 Å². The second-order valence-electron chi connectivity index (χ2n) is 4.41. The van der Waals surface area contributed by atoms with Crippen LogP contribution in [0.4, 0.5) is 0 Å². The first-order valence-corrected chi connectivity index (χ1v) is 5.64. The highest BCUT2D eigenvalue weighted by Crippen LogP contribution is 2.33. The van der Waals surface area contributed by atoms with Gasteiger partial charge in [-0.05, 0) is 50.2 Å². The van der Waals surface area contributed by atoms with Gasteiger partial charge < -0.3 is 0 Å². The summed E-state index contributed by atoms with van der Waals surface area (Å²) in [4.78, 5) is 23.1. The molecule has 80 valence electrons. The van der Waals surface area contributed by atoms with Crippen LogP contribution in [0.5, 0.6) is 0 Å². The molecule has 0 N–H and O–H groups in total. The van der Waals surface area contributed by atoms with Gasteiger partial charge in [0.2, 0.25) is 0 Å². The van der Waals surface area contributed by atoms with Crippen molar-refractivity contribution in [2.45, 2.75) is 39.0 Å². The Hall–Kier alpha value is -1.18. The lowest BCUT2D eigenvalue weighted by atomic mass is 9.81. The second kappa shape index (κ2) is 4.13. The van der Waals surface area contributed by atoms with Gasteiger partial charge >= 0.3 is 0 Å². The molecule has 0 spiro atoms. The number of hydrogen-bond donors (Lipinski definition) is 0. The van der Waals surface area contributed by atoms with Crippen molar-refractivity contribution in [1.82, 2.24) is 0 Å². The highest BCUT2D eigenvalue weighted by Gasteiger charge is 2.26. The van der Waals surface area contributed by atoms with Gasteiger partial charge in [-0.25, -0.2) is 0 Å². The van der Waals surface area contributed by atoms with Crippen molar-refractivity contribution in [2.75, 3.05) is 0 Å². The molecule has 15 heavy (non-hydrogen) atoms. The molecule has 2 nitrogen and oxygen atoms in total. The zero-order valence-electron chi connectivity index (χ0n) is 9.08. The average molecular weight is 204 g/mol. The molecule has 2 aliphatic carbocycles. The summed E-state index contributed by atoms with van der Waals surface area (Å²) < 4.78 is 0. The molecular weight excluding hydrogens is 188 g/mol. The quantitative estimate of drug-likeness (QED) is 0.658. The summed E-state index contributed by atoms with van der Waals surface area (Å²) in [6.07, 6.45) is 8.53. The Morgan fingerprint density at radius 2 is 2.20 bits per heavy atom. The summed E-state index contributed by atoms with van der Waals surface area (Å²) in [7, 11) is 0. The van der Waals surface area contributed by atoms with E-state index >= 15 is 0 Å². The molecule has 0 aliphatic heterocycles. The molecule has 0 bridgehead atoms. The molecule has 1 fully saturated rings. The highest BCUT2D eigenvalue weighted by molar-refractivity contribution is 6.02. The number of carbonyl (C=O) groups is 2. The van der Waals surface area contributed by atoms with Gasteiger partial charge in [-0.2, -0.15) is 0 Å². The van der Waals surface area contributed by atoms with Crippen LogP contribution in [0.25, 0.3) is 0 Å². The lowest BCUT2D eigenvalue weighted by Gasteiger charge is -2.22. The molecule has 0 saturated heterocycles.